The van der Waals surface area contributed by atoms with Crippen molar-refractivity contribution in [2.45, 2.75) is 44.2 Å². The Bertz CT molecular complexity index is 966. The fourth-order valence-electron chi connectivity index (χ4n) is 2.57. The van der Waals surface area contributed by atoms with Gasteiger partial charge < -0.3 is 10.1 Å². The lowest BCUT2D eigenvalue weighted by Gasteiger charge is -2.20. The van der Waals surface area contributed by atoms with Crippen LogP contribution in [0.4, 0.5) is 0 Å². The number of carbonyl (C=O) groups is 2. The smallest absolute Gasteiger partial charge is 0.338 e. The largest absolute Gasteiger partial charge is 0.452 e. The van der Waals surface area contributed by atoms with Crippen LogP contribution in [0.15, 0.2) is 59.5 Å². The molecule has 7 nitrogen and oxygen atoms in total. The van der Waals surface area contributed by atoms with Gasteiger partial charge in [0, 0.05) is 11.6 Å². The van der Waals surface area contributed by atoms with Crippen molar-refractivity contribution in [2.75, 3.05) is 6.61 Å². The Morgan fingerprint density at radius 3 is 2.31 bits per heavy atom. The van der Waals surface area contributed by atoms with Gasteiger partial charge in [0.2, 0.25) is 10.0 Å². The van der Waals surface area contributed by atoms with Crippen molar-refractivity contribution >= 4 is 21.9 Å². The van der Waals surface area contributed by atoms with E-state index in [-0.39, 0.29) is 10.5 Å². The second-order valence-corrected chi connectivity index (χ2v) is 9.37. The number of ether oxygens (including phenoxy) is 1. The predicted octanol–water partition coefficient (Wildman–Crippen LogP) is 2.80. The molecular weight excluding hydrogens is 392 g/mol. The number of nitrogens with one attached hydrogen (secondary N) is 2. The van der Waals surface area contributed by atoms with Gasteiger partial charge in [-0.1, -0.05) is 36.4 Å². The summed E-state index contributed by atoms with van der Waals surface area (Å²) in [5, 5.41) is 2.68. The second kappa shape index (κ2) is 9.19. The maximum atomic E-state index is 12.7. The van der Waals surface area contributed by atoms with Crippen LogP contribution in [-0.4, -0.2) is 32.4 Å². The molecule has 2 aromatic rings. The molecular formula is C21H26N2O5S. The summed E-state index contributed by atoms with van der Waals surface area (Å²) in [7, 11) is -3.86. The van der Waals surface area contributed by atoms with Gasteiger partial charge in [0.25, 0.3) is 5.91 Å². The highest BCUT2D eigenvalue weighted by atomic mass is 32.2. The standard InChI is InChI=1S/C21H26N2O5S/c1-15(16-9-6-5-7-10-16)23-29(26,27)18-12-8-11-17(13-18)20(25)28-14-19(24)22-21(2,3)4/h5-13,15,23H,14H2,1-4H3,(H,22,24)/t15-/m0/s1. The van der Waals surface area contributed by atoms with E-state index in [1.807, 2.05) is 51.1 Å². The average Bonchev–Trinajstić information content (AvgIpc) is 2.65. The summed E-state index contributed by atoms with van der Waals surface area (Å²) in [6.07, 6.45) is 0. The lowest BCUT2D eigenvalue weighted by molar-refractivity contribution is -0.125. The molecule has 0 bridgehead atoms. The molecule has 0 aliphatic rings. The SMILES string of the molecule is C[C@H](NS(=O)(=O)c1cccc(C(=O)OCC(=O)NC(C)(C)C)c1)c1ccccc1. The lowest BCUT2D eigenvalue weighted by Crippen LogP contribution is -2.42. The van der Waals surface area contributed by atoms with Crippen molar-refractivity contribution < 1.29 is 22.7 Å². The zero-order valence-corrected chi connectivity index (χ0v) is 17.7. The van der Waals surface area contributed by atoms with E-state index in [0.29, 0.717) is 0 Å². The fraction of sp³-hybridized carbons (Fsp3) is 0.333. The summed E-state index contributed by atoms with van der Waals surface area (Å²) in [5.74, 6) is -1.21. The van der Waals surface area contributed by atoms with Crippen LogP contribution in [0.3, 0.4) is 0 Å². The topological polar surface area (TPSA) is 102 Å². The molecule has 0 radical (unpaired) electrons. The normalized spacial score (nSPS) is 12.8. The van der Waals surface area contributed by atoms with Gasteiger partial charge in [-0.05, 0) is 51.5 Å². The Morgan fingerprint density at radius 1 is 1.03 bits per heavy atom. The number of benzene rings is 2. The molecule has 156 valence electrons. The fourth-order valence-corrected chi connectivity index (χ4v) is 3.85. The van der Waals surface area contributed by atoms with Crippen molar-refractivity contribution in [3.05, 3.63) is 65.7 Å². The average molecular weight is 419 g/mol. The molecule has 2 N–H and O–H groups in total. The highest BCUT2D eigenvalue weighted by Gasteiger charge is 2.21. The highest BCUT2D eigenvalue weighted by molar-refractivity contribution is 7.89. The molecule has 1 amide bonds. The van der Waals surface area contributed by atoms with Crippen molar-refractivity contribution in [3.63, 3.8) is 0 Å². The molecule has 29 heavy (non-hydrogen) atoms. The summed E-state index contributed by atoms with van der Waals surface area (Å²) >= 11 is 0. The van der Waals surface area contributed by atoms with E-state index >= 15 is 0 Å². The minimum atomic E-state index is -3.86. The van der Waals surface area contributed by atoms with Crippen molar-refractivity contribution in [1.29, 1.82) is 0 Å². The first-order valence-electron chi connectivity index (χ1n) is 9.13. The Labute approximate surface area is 171 Å². The van der Waals surface area contributed by atoms with Crippen LogP contribution >= 0.6 is 0 Å². The van der Waals surface area contributed by atoms with E-state index in [1.165, 1.54) is 24.3 Å². The van der Waals surface area contributed by atoms with E-state index in [9.17, 15) is 18.0 Å². The van der Waals surface area contributed by atoms with Crippen molar-refractivity contribution in [2.24, 2.45) is 0 Å². The van der Waals surface area contributed by atoms with Crippen LogP contribution in [0.2, 0.25) is 0 Å². The quantitative estimate of drug-likeness (QED) is 0.673. The number of sulfonamides is 1. The summed E-state index contributed by atoms with van der Waals surface area (Å²) in [4.78, 5) is 23.9. The maximum absolute atomic E-state index is 12.7. The third-order valence-electron chi connectivity index (χ3n) is 3.86. The first-order chi connectivity index (χ1) is 13.5. The summed E-state index contributed by atoms with van der Waals surface area (Å²) < 4.78 is 32.9. The zero-order chi connectivity index (χ0) is 21.7. The lowest BCUT2D eigenvalue weighted by atomic mass is 10.1. The summed E-state index contributed by atoms with van der Waals surface area (Å²) in [5.41, 5.74) is 0.416. The Hall–Kier alpha value is -2.71. The maximum Gasteiger partial charge on any atom is 0.338 e. The van der Waals surface area contributed by atoms with E-state index in [1.54, 1.807) is 6.92 Å². The minimum absolute atomic E-state index is 0.0452. The van der Waals surface area contributed by atoms with Gasteiger partial charge in [0.1, 0.15) is 0 Å². The molecule has 0 unspecified atom stereocenters. The molecule has 0 heterocycles. The third-order valence-corrected chi connectivity index (χ3v) is 5.40. The Balaban J connectivity index is 2.07. The van der Waals surface area contributed by atoms with E-state index in [2.05, 4.69) is 10.0 Å². The van der Waals surface area contributed by atoms with E-state index in [4.69, 9.17) is 4.74 Å². The number of rotatable bonds is 7. The first-order valence-corrected chi connectivity index (χ1v) is 10.6. The van der Waals surface area contributed by atoms with Crippen LogP contribution in [0, 0.1) is 0 Å². The van der Waals surface area contributed by atoms with Gasteiger partial charge in [0.05, 0.1) is 10.5 Å². The molecule has 0 aliphatic heterocycles. The van der Waals surface area contributed by atoms with Gasteiger partial charge >= 0.3 is 5.97 Å². The molecule has 0 saturated heterocycles. The molecule has 0 saturated carbocycles. The highest BCUT2D eigenvalue weighted by Crippen LogP contribution is 2.18. The van der Waals surface area contributed by atoms with Gasteiger partial charge in [-0.25, -0.2) is 17.9 Å². The molecule has 1 atom stereocenters. The number of hydrogen-bond donors (Lipinski definition) is 2. The molecule has 0 spiro atoms. The van der Waals surface area contributed by atoms with Crippen molar-refractivity contribution in [3.8, 4) is 0 Å². The van der Waals surface area contributed by atoms with Crippen LogP contribution in [0.1, 0.15) is 49.7 Å². The van der Waals surface area contributed by atoms with Gasteiger partial charge in [-0.2, -0.15) is 0 Å². The number of hydrogen-bond acceptors (Lipinski definition) is 5. The molecule has 2 aromatic carbocycles. The van der Waals surface area contributed by atoms with Gasteiger partial charge in [-0.3, -0.25) is 4.79 Å². The minimum Gasteiger partial charge on any atom is -0.452 e. The predicted molar refractivity (Wildman–Crippen MR) is 110 cm³/mol. The van der Waals surface area contributed by atoms with Crippen LogP contribution in [-0.2, 0) is 19.6 Å². The monoisotopic (exact) mass is 418 g/mol. The van der Waals surface area contributed by atoms with E-state index < -0.39 is 40.1 Å². The summed E-state index contributed by atoms with van der Waals surface area (Å²) in [6, 6.07) is 14.2. The number of amides is 1. The first kappa shape index (κ1) is 22.6. The molecule has 0 aromatic heterocycles. The molecule has 2 rings (SSSR count). The van der Waals surface area contributed by atoms with Crippen LogP contribution < -0.4 is 10.0 Å². The van der Waals surface area contributed by atoms with Crippen LogP contribution in [0.25, 0.3) is 0 Å². The van der Waals surface area contributed by atoms with Gasteiger partial charge in [-0.15, -0.1) is 0 Å². The van der Waals surface area contributed by atoms with Crippen molar-refractivity contribution in [1.82, 2.24) is 10.0 Å². The number of carbonyl (C=O) groups excluding carboxylic acids is 2. The Kier molecular flexibility index (Phi) is 7.16. The summed E-state index contributed by atoms with van der Waals surface area (Å²) in [6.45, 7) is 6.72. The second-order valence-electron chi connectivity index (χ2n) is 7.66. The Morgan fingerprint density at radius 2 is 1.69 bits per heavy atom. The molecule has 0 fully saturated rings. The van der Waals surface area contributed by atoms with E-state index in [0.717, 1.165) is 5.56 Å². The molecule has 8 heteroatoms. The number of esters is 1. The molecule has 0 aliphatic carbocycles. The van der Waals surface area contributed by atoms with Crippen LogP contribution in [0.5, 0.6) is 0 Å². The van der Waals surface area contributed by atoms with Gasteiger partial charge in [0.15, 0.2) is 6.61 Å². The zero-order valence-electron chi connectivity index (χ0n) is 16.9. The third kappa shape index (κ3) is 6.99.